The molecule has 7 nitrogen and oxygen atoms in total. The van der Waals surface area contributed by atoms with Gasteiger partial charge in [-0.25, -0.2) is 4.98 Å². The maximum absolute atomic E-state index is 13.3. The van der Waals surface area contributed by atoms with Crippen LogP contribution in [0.1, 0.15) is 48.2 Å². The van der Waals surface area contributed by atoms with Crippen molar-refractivity contribution in [1.82, 2.24) is 9.97 Å². The lowest BCUT2D eigenvalue weighted by Crippen LogP contribution is -2.54. The summed E-state index contributed by atoms with van der Waals surface area (Å²) in [4.78, 5) is 22.0. The van der Waals surface area contributed by atoms with Crippen LogP contribution in [0.5, 0.6) is 0 Å². The van der Waals surface area contributed by atoms with E-state index < -0.39 is 17.8 Å². The number of nitrogen functional groups attached to an aromatic ring is 1. The number of hydrogen-bond donors (Lipinski definition) is 3. The first-order chi connectivity index (χ1) is 15.1. The van der Waals surface area contributed by atoms with Crippen molar-refractivity contribution in [3.05, 3.63) is 35.7 Å². The molecule has 6 N–H and O–H groups in total. The molecule has 172 valence electrons. The molecule has 4 rings (SSSR count). The molecule has 0 unspecified atom stereocenters. The number of aromatic nitrogens is 2. The normalized spacial score (nSPS) is 20.6. The number of primary amides is 1. The third-order valence-electron chi connectivity index (χ3n) is 6.50. The number of nitrogens with two attached hydrogens (primary N) is 3. The van der Waals surface area contributed by atoms with Gasteiger partial charge < -0.3 is 22.1 Å². The zero-order valence-corrected chi connectivity index (χ0v) is 18.2. The number of pyridine rings is 2. The van der Waals surface area contributed by atoms with E-state index in [-0.39, 0.29) is 32.6 Å². The molecular formula is C21H25F3N6OS. The summed E-state index contributed by atoms with van der Waals surface area (Å²) in [5.41, 5.74) is 17.4. The number of rotatable bonds is 4. The van der Waals surface area contributed by atoms with Gasteiger partial charge in [0.05, 0.1) is 10.5 Å². The Morgan fingerprint density at radius 2 is 1.94 bits per heavy atom. The highest BCUT2D eigenvalue weighted by Gasteiger charge is 2.43. The minimum atomic E-state index is -4.63. The van der Waals surface area contributed by atoms with Crippen LogP contribution in [0.3, 0.4) is 0 Å². The first kappa shape index (κ1) is 22.7. The van der Waals surface area contributed by atoms with Crippen molar-refractivity contribution in [3.8, 4) is 0 Å². The minimum absolute atomic E-state index is 0.0155. The summed E-state index contributed by atoms with van der Waals surface area (Å²) < 4.78 is 39.9. The van der Waals surface area contributed by atoms with Gasteiger partial charge in [-0.3, -0.25) is 9.78 Å². The molecule has 2 aliphatic rings. The van der Waals surface area contributed by atoms with Crippen LogP contribution in [0, 0.1) is 5.41 Å². The van der Waals surface area contributed by atoms with E-state index in [2.05, 4.69) is 9.97 Å². The van der Waals surface area contributed by atoms with Gasteiger partial charge in [0.15, 0.2) is 5.69 Å². The van der Waals surface area contributed by atoms with Crippen molar-refractivity contribution < 1.29 is 18.0 Å². The Morgan fingerprint density at radius 1 is 1.22 bits per heavy atom. The van der Waals surface area contributed by atoms with Gasteiger partial charge in [-0.2, -0.15) is 13.2 Å². The second-order valence-corrected chi connectivity index (χ2v) is 9.51. The molecule has 2 fully saturated rings. The molecule has 32 heavy (non-hydrogen) atoms. The lowest BCUT2D eigenvalue weighted by molar-refractivity contribution is -0.143. The first-order valence-electron chi connectivity index (χ1n) is 10.4. The Kier molecular flexibility index (Phi) is 5.97. The molecule has 2 aromatic rings. The highest BCUT2D eigenvalue weighted by Crippen LogP contribution is 2.47. The van der Waals surface area contributed by atoms with E-state index in [4.69, 9.17) is 17.2 Å². The fraction of sp³-hybridized carbons (Fsp3) is 0.476. The second kappa shape index (κ2) is 8.43. The molecular weight excluding hydrogens is 441 g/mol. The zero-order chi connectivity index (χ0) is 23.1. The number of halogens is 3. The number of alkyl halides is 3. The van der Waals surface area contributed by atoms with Crippen molar-refractivity contribution in [3.63, 3.8) is 0 Å². The predicted molar refractivity (Wildman–Crippen MR) is 116 cm³/mol. The lowest BCUT2D eigenvalue weighted by atomic mass is 9.73. The monoisotopic (exact) mass is 466 g/mol. The van der Waals surface area contributed by atoms with Crippen LogP contribution in [-0.2, 0) is 6.18 Å². The maximum Gasteiger partial charge on any atom is 0.434 e. The first-order valence-corrected chi connectivity index (χ1v) is 11.2. The van der Waals surface area contributed by atoms with E-state index in [1.54, 1.807) is 0 Å². The van der Waals surface area contributed by atoms with Gasteiger partial charge in [-0.05, 0) is 42.9 Å². The topological polar surface area (TPSA) is 124 Å². The molecule has 1 amide bonds. The summed E-state index contributed by atoms with van der Waals surface area (Å²) in [5, 5.41) is 0. The number of piperidine rings is 1. The van der Waals surface area contributed by atoms with Crippen LogP contribution in [0.4, 0.5) is 24.8 Å². The fourth-order valence-corrected chi connectivity index (χ4v) is 5.74. The highest BCUT2D eigenvalue weighted by atomic mass is 32.2. The molecule has 11 heteroatoms. The average molecular weight is 467 g/mol. The molecule has 2 aromatic heterocycles. The van der Waals surface area contributed by atoms with E-state index in [1.807, 2.05) is 4.90 Å². The van der Waals surface area contributed by atoms with Crippen LogP contribution in [0.25, 0.3) is 0 Å². The van der Waals surface area contributed by atoms with Gasteiger partial charge in [0.1, 0.15) is 11.6 Å². The van der Waals surface area contributed by atoms with E-state index >= 15 is 0 Å². The lowest BCUT2D eigenvalue weighted by Gasteiger charge is -2.45. The van der Waals surface area contributed by atoms with Crippen molar-refractivity contribution in [2.75, 3.05) is 23.7 Å². The summed E-state index contributed by atoms with van der Waals surface area (Å²) >= 11 is 0.749. The van der Waals surface area contributed by atoms with Crippen molar-refractivity contribution in [2.24, 2.45) is 16.9 Å². The molecule has 3 heterocycles. The quantitative estimate of drug-likeness (QED) is 0.631. The second-order valence-electron chi connectivity index (χ2n) is 8.43. The standard InChI is InChI=1S/C21H25F3N6OS/c22-21(23,24)16-13(4-3-8-28-16)32-14-10-12(18(27)31)19(29-17(14)26)30-9-7-20(15(25)11-30)5-1-2-6-20/h3-4,8,10,15H,1-2,5-7,9,11,25H2,(H2,26,29)(H2,27,31)/t15-/m0/s1. The smallest absolute Gasteiger partial charge is 0.383 e. The van der Waals surface area contributed by atoms with Crippen molar-refractivity contribution in [1.29, 1.82) is 0 Å². The molecule has 0 radical (unpaired) electrons. The molecule has 1 saturated heterocycles. The number of amides is 1. The van der Waals surface area contributed by atoms with E-state index in [1.165, 1.54) is 31.0 Å². The molecule has 1 spiro atoms. The Hall–Kier alpha value is -2.53. The number of anilines is 2. The summed E-state index contributed by atoms with van der Waals surface area (Å²) in [6.07, 6.45) is 1.87. The van der Waals surface area contributed by atoms with Gasteiger partial charge in [0.2, 0.25) is 0 Å². The van der Waals surface area contributed by atoms with Gasteiger partial charge in [0.25, 0.3) is 5.91 Å². The third kappa shape index (κ3) is 4.23. The van der Waals surface area contributed by atoms with E-state index in [9.17, 15) is 18.0 Å². The average Bonchev–Trinajstić information content (AvgIpc) is 3.20. The van der Waals surface area contributed by atoms with Crippen LogP contribution >= 0.6 is 11.8 Å². The Bertz CT molecular complexity index is 1030. The van der Waals surface area contributed by atoms with E-state index in [0.717, 1.165) is 37.2 Å². The summed E-state index contributed by atoms with van der Waals surface area (Å²) in [6, 6.07) is 4.03. The Morgan fingerprint density at radius 3 is 2.56 bits per heavy atom. The molecule has 1 atom stereocenters. The predicted octanol–water partition coefficient (Wildman–Crippen LogP) is 3.43. The highest BCUT2D eigenvalue weighted by molar-refractivity contribution is 7.99. The number of carbonyl (C=O) groups is 1. The zero-order valence-electron chi connectivity index (χ0n) is 17.4. The Labute approximate surface area is 187 Å². The van der Waals surface area contributed by atoms with Crippen LogP contribution < -0.4 is 22.1 Å². The van der Waals surface area contributed by atoms with Gasteiger partial charge in [-0.15, -0.1) is 0 Å². The molecule has 0 aromatic carbocycles. The van der Waals surface area contributed by atoms with Crippen LogP contribution in [0.2, 0.25) is 0 Å². The summed E-state index contributed by atoms with van der Waals surface area (Å²) in [5.74, 6) is -0.391. The third-order valence-corrected chi connectivity index (χ3v) is 7.60. The maximum atomic E-state index is 13.3. The molecule has 1 aliphatic carbocycles. The Balaban J connectivity index is 1.65. The number of carbonyl (C=O) groups excluding carboxylic acids is 1. The summed E-state index contributed by atoms with van der Waals surface area (Å²) in [7, 11) is 0. The van der Waals surface area contributed by atoms with Crippen molar-refractivity contribution >= 4 is 29.3 Å². The van der Waals surface area contributed by atoms with Crippen molar-refractivity contribution in [2.45, 2.75) is 54.1 Å². The number of nitrogens with zero attached hydrogens (tertiary/aromatic N) is 3. The fourth-order valence-electron chi connectivity index (χ4n) is 4.77. The van der Waals surface area contributed by atoms with Gasteiger partial charge >= 0.3 is 6.18 Å². The molecule has 0 bridgehead atoms. The summed E-state index contributed by atoms with van der Waals surface area (Å²) in [6.45, 7) is 1.17. The van der Waals surface area contributed by atoms with Crippen LogP contribution in [0.15, 0.2) is 34.2 Å². The van der Waals surface area contributed by atoms with Gasteiger partial charge in [-0.1, -0.05) is 24.6 Å². The molecule has 1 aliphatic heterocycles. The minimum Gasteiger partial charge on any atom is -0.383 e. The largest absolute Gasteiger partial charge is 0.434 e. The number of hydrogen-bond acceptors (Lipinski definition) is 7. The van der Waals surface area contributed by atoms with Gasteiger partial charge in [0, 0.05) is 30.2 Å². The van der Waals surface area contributed by atoms with Crippen LogP contribution in [-0.4, -0.2) is 35.0 Å². The van der Waals surface area contributed by atoms with E-state index in [0.29, 0.717) is 18.9 Å². The SMILES string of the molecule is NC(=O)c1cc(Sc2cccnc2C(F)(F)F)c(N)nc1N1CCC2(CCCC2)[C@@H](N)C1. The molecule has 1 saturated carbocycles.